The number of carbonyl (C=O) groups is 2. The summed E-state index contributed by atoms with van der Waals surface area (Å²) in [5.41, 5.74) is 5.18. The fourth-order valence-corrected chi connectivity index (χ4v) is 4.66. The van der Waals surface area contributed by atoms with Gasteiger partial charge in [0.2, 0.25) is 0 Å². The summed E-state index contributed by atoms with van der Waals surface area (Å²) in [6, 6.07) is 25.4. The number of carboxylic acid groups (broad SMARTS) is 1. The summed E-state index contributed by atoms with van der Waals surface area (Å²) in [4.78, 5) is 24.4. The van der Waals surface area contributed by atoms with Gasteiger partial charge in [0.05, 0.1) is 0 Å². The number of fused-ring (bicyclic) bond motifs is 3. The van der Waals surface area contributed by atoms with E-state index in [4.69, 9.17) is 20.8 Å². The number of furan rings is 1. The summed E-state index contributed by atoms with van der Waals surface area (Å²) in [5, 5.41) is 12.7. The van der Waals surface area contributed by atoms with Crippen molar-refractivity contribution in [3.05, 3.63) is 107 Å². The number of carboxylic acids is 1. The lowest BCUT2D eigenvalue weighted by molar-refractivity contribution is -0.139. The van der Waals surface area contributed by atoms with Crippen molar-refractivity contribution < 1.29 is 23.8 Å². The maximum absolute atomic E-state index is 12.6. The van der Waals surface area contributed by atoms with E-state index in [1.807, 2.05) is 42.5 Å². The van der Waals surface area contributed by atoms with Crippen LogP contribution in [-0.4, -0.2) is 29.8 Å². The maximum atomic E-state index is 12.6. The topological polar surface area (TPSA) is 88.8 Å². The number of rotatable bonds is 7. The molecule has 1 atom stereocenters. The molecule has 35 heavy (non-hydrogen) atoms. The Bertz CT molecular complexity index is 1350. The monoisotopic (exact) mass is 487 g/mol. The Labute approximate surface area is 207 Å². The third-order valence-corrected chi connectivity index (χ3v) is 6.35. The lowest BCUT2D eigenvalue weighted by Crippen LogP contribution is -2.42. The summed E-state index contributed by atoms with van der Waals surface area (Å²) < 4.78 is 11.3. The summed E-state index contributed by atoms with van der Waals surface area (Å²) in [7, 11) is 0. The molecule has 3 aromatic carbocycles. The highest BCUT2D eigenvalue weighted by atomic mass is 35.5. The highest BCUT2D eigenvalue weighted by molar-refractivity contribution is 6.30. The number of benzene rings is 3. The Morgan fingerprint density at radius 3 is 2.29 bits per heavy atom. The molecule has 0 radical (unpaired) electrons. The molecule has 2 N–H and O–H groups in total. The molecule has 0 spiro atoms. The Kier molecular flexibility index (Phi) is 6.29. The van der Waals surface area contributed by atoms with Gasteiger partial charge in [-0.3, -0.25) is 0 Å². The fourth-order valence-electron chi connectivity index (χ4n) is 4.47. The number of ether oxygens (including phenoxy) is 1. The summed E-state index contributed by atoms with van der Waals surface area (Å²) in [6.45, 7) is 0.103. The first-order valence-electron chi connectivity index (χ1n) is 11.2. The molecule has 1 aliphatic rings. The van der Waals surface area contributed by atoms with E-state index >= 15 is 0 Å². The Morgan fingerprint density at radius 2 is 1.63 bits per heavy atom. The predicted octanol–water partition coefficient (Wildman–Crippen LogP) is 6.13. The molecule has 1 aliphatic carbocycles. The number of amides is 1. The first-order chi connectivity index (χ1) is 17.0. The Hall–Kier alpha value is -4.03. The second kappa shape index (κ2) is 9.68. The van der Waals surface area contributed by atoms with Crippen molar-refractivity contribution in [3.8, 4) is 22.5 Å². The van der Waals surface area contributed by atoms with Gasteiger partial charge < -0.3 is 19.6 Å². The van der Waals surface area contributed by atoms with Crippen LogP contribution in [0.3, 0.4) is 0 Å². The van der Waals surface area contributed by atoms with Crippen LogP contribution in [0.2, 0.25) is 5.02 Å². The Morgan fingerprint density at radius 1 is 0.943 bits per heavy atom. The zero-order valence-corrected chi connectivity index (χ0v) is 19.4. The molecular weight excluding hydrogens is 466 g/mol. The van der Waals surface area contributed by atoms with Crippen molar-refractivity contribution in [2.75, 3.05) is 6.61 Å². The van der Waals surface area contributed by atoms with Crippen molar-refractivity contribution >= 4 is 23.7 Å². The van der Waals surface area contributed by atoms with Gasteiger partial charge in [0.15, 0.2) is 0 Å². The van der Waals surface area contributed by atoms with E-state index in [-0.39, 0.29) is 18.9 Å². The van der Waals surface area contributed by atoms with Crippen molar-refractivity contribution in [1.82, 2.24) is 5.32 Å². The van der Waals surface area contributed by atoms with Gasteiger partial charge in [-0.15, -0.1) is 0 Å². The molecule has 4 aromatic rings. The average Bonchev–Trinajstić information content (AvgIpc) is 3.45. The molecule has 1 amide bonds. The number of halogens is 1. The molecule has 1 aromatic heterocycles. The zero-order valence-electron chi connectivity index (χ0n) is 18.6. The highest BCUT2D eigenvalue weighted by Crippen LogP contribution is 2.44. The van der Waals surface area contributed by atoms with Gasteiger partial charge in [-0.1, -0.05) is 72.3 Å². The number of carbonyl (C=O) groups excluding carboxylic acids is 1. The molecular formula is C28H22ClNO5. The van der Waals surface area contributed by atoms with Gasteiger partial charge in [-0.25, -0.2) is 9.59 Å². The molecule has 0 bridgehead atoms. The van der Waals surface area contributed by atoms with E-state index in [1.165, 1.54) is 0 Å². The lowest BCUT2D eigenvalue weighted by atomic mass is 9.98. The summed E-state index contributed by atoms with van der Waals surface area (Å²) >= 11 is 6.04. The molecule has 6 nitrogen and oxygen atoms in total. The molecule has 176 valence electrons. The second-order valence-corrected chi connectivity index (χ2v) is 8.78. The van der Waals surface area contributed by atoms with Crippen LogP contribution in [0, 0.1) is 0 Å². The Balaban J connectivity index is 1.24. The number of hydrogen-bond acceptors (Lipinski definition) is 4. The number of hydrogen-bond donors (Lipinski definition) is 2. The van der Waals surface area contributed by atoms with Gasteiger partial charge in [-0.05, 0) is 46.5 Å². The molecule has 1 heterocycles. The molecule has 0 saturated heterocycles. The van der Waals surface area contributed by atoms with Gasteiger partial charge in [0.1, 0.15) is 24.2 Å². The van der Waals surface area contributed by atoms with Crippen LogP contribution in [0.1, 0.15) is 22.8 Å². The van der Waals surface area contributed by atoms with Crippen LogP contribution in [0.15, 0.2) is 89.3 Å². The van der Waals surface area contributed by atoms with Gasteiger partial charge in [0, 0.05) is 22.9 Å². The normalized spacial score (nSPS) is 13.1. The summed E-state index contributed by atoms with van der Waals surface area (Å²) in [5.74, 6) is -0.305. The molecule has 0 saturated carbocycles. The van der Waals surface area contributed by atoms with Crippen LogP contribution in [0.5, 0.6) is 0 Å². The van der Waals surface area contributed by atoms with E-state index in [0.717, 1.165) is 27.8 Å². The first kappa shape index (κ1) is 22.7. The minimum atomic E-state index is -1.20. The average molecular weight is 488 g/mol. The number of alkyl carbamates (subject to hydrolysis) is 1. The predicted molar refractivity (Wildman–Crippen MR) is 132 cm³/mol. The quantitative estimate of drug-likeness (QED) is 0.327. The van der Waals surface area contributed by atoms with E-state index in [9.17, 15) is 14.7 Å². The van der Waals surface area contributed by atoms with Crippen LogP contribution >= 0.6 is 11.6 Å². The first-order valence-corrected chi connectivity index (χ1v) is 11.6. The van der Waals surface area contributed by atoms with Crippen LogP contribution in [0.4, 0.5) is 4.79 Å². The summed E-state index contributed by atoms with van der Waals surface area (Å²) in [6.07, 6.45) is -0.819. The fraction of sp³-hybridized carbons (Fsp3) is 0.143. The van der Waals surface area contributed by atoms with Crippen LogP contribution in [-0.2, 0) is 16.0 Å². The third kappa shape index (κ3) is 4.79. The van der Waals surface area contributed by atoms with Gasteiger partial charge in [-0.2, -0.15) is 0 Å². The van der Waals surface area contributed by atoms with Crippen LogP contribution in [0.25, 0.3) is 22.5 Å². The van der Waals surface area contributed by atoms with E-state index in [1.54, 1.807) is 30.3 Å². The minimum absolute atomic E-state index is 0.0277. The molecule has 0 fully saturated rings. The SMILES string of the molecule is O=C(NC(Cc1ccc(-c2cccc(Cl)c2)o1)C(=O)O)OCC1c2ccccc2-c2ccccc21. The number of aliphatic carboxylic acids is 1. The van der Waals surface area contributed by atoms with Crippen molar-refractivity contribution in [2.24, 2.45) is 0 Å². The smallest absolute Gasteiger partial charge is 0.407 e. The number of nitrogens with one attached hydrogen (secondary N) is 1. The maximum Gasteiger partial charge on any atom is 0.407 e. The molecule has 7 heteroatoms. The van der Waals surface area contributed by atoms with E-state index in [2.05, 4.69) is 17.4 Å². The van der Waals surface area contributed by atoms with E-state index in [0.29, 0.717) is 16.5 Å². The van der Waals surface area contributed by atoms with Crippen molar-refractivity contribution in [2.45, 2.75) is 18.4 Å². The van der Waals surface area contributed by atoms with Gasteiger partial charge >= 0.3 is 12.1 Å². The standard InChI is InChI=1S/C28H22ClNO5/c29-18-7-5-6-17(14-18)26-13-12-19(35-26)15-25(27(31)32)30-28(33)34-16-24-22-10-3-1-8-20(22)21-9-2-4-11-23(21)24/h1-14,24-25H,15-16H2,(H,30,33)(H,31,32). The molecule has 5 rings (SSSR count). The second-order valence-electron chi connectivity index (χ2n) is 8.34. The molecule has 0 aliphatic heterocycles. The van der Waals surface area contributed by atoms with Crippen molar-refractivity contribution in [3.63, 3.8) is 0 Å². The van der Waals surface area contributed by atoms with Crippen LogP contribution < -0.4 is 5.32 Å². The van der Waals surface area contributed by atoms with E-state index < -0.39 is 18.1 Å². The largest absolute Gasteiger partial charge is 0.480 e. The third-order valence-electron chi connectivity index (χ3n) is 6.11. The highest BCUT2D eigenvalue weighted by Gasteiger charge is 2.30. The minimum Gasteiger partial charge on any atom is -0.480 e. The molecule has 1 unspecified atom stereocenters. The zero-order chi connectivity index (χ0) is 24.4. The van der Waals surface area contributed by atoms with Gasteiger partial charge in [0.25, 0.3) is 0 Å². The van der Waals surface area contributed by atoms with Crippen molar-refractivity contribution in [1.29, 1.82) is 0 Å². The lowest BCUT2D eigenvalue weighted by Gasteiger charge is -2.17.